The van der Waals surface area contributed by atoms with Crippen LogP contribution in [0.25, 0.3) is 0 Å². The highest BCUT2D eigenvalue weighted by Gasteiger charge is 2.42. The quantitative estimate of drug-likeness (QED) is 0.887. The third-order valence-electron chi connectivity index (χ3n) is 4.95. The molecule has 0 amide bonds. The Morgan fingerprint density at radius 1 is 1.29 bits per heavy atom. The molecule has 2 fully saturated rings. The van der Waals surface area contributed by atoms with Crippen molar-refractivity contribution in [1.82, 2.24) is 15.1 Å². The van der Waals surface area contributed by atoms with Gasteiger partial charge in [-0.2, -0.15) is 5.10 Å². The minimum absolute atomic E-state index is 0.120. The molecule has 118 valence electrons. The Labute approximate surface area is 127 Å². The van der Waals surface area contributed by atoms with Gasteiger partial charge >= 0.3 is 0 Å². The number of aliphatic hydroxyl groups excluding tert-OH is 1. The fourth-order valence-corrected chi connectivity index (χ4v) is 4.02. The van der Waals surface area contributed by atoms with Crippen LogP contribution in [-0.4, -0.2) is 39.1 Å². The van der Waals surface area contributed by atoms with E-state index >= 15 is 0 Å². The first-order chi connectivity index (χ1) is 9.97. The van der Waals surface area contributed by atoms with Gasteiger partial charge in [0.05, 0.1) is 11.8 Å². The predicted octanol–water partition coefficient (Wildman–Crippen LogP) is 1.72. The molecule has 1 aromatic heterocycles. The summed E-state index contributed by atoms with van der Waals surface area (Å²) in [5.74, 6) is 1.26. The van der Waals surface area contributed by atoms with Crippen LogP contribution in [0.4, 0.5) is 5.82 Å². The van der Waals surface area contributed by atoms with E-state index in [2.05, 4.69) is 36.1 Å². The van der Waals surface area contributed by atoms with Crippen molar-refractivity contribution in [2.24, 2.45) is 7.05 Å². The molecule has 3 heterocycles. The lowest BCUT2D eigenvalue weighted by Crippen LogP contribution is -2.46. The lowest BCUT2D eigenvalue weighted by molar-refractivity contribution is 0.125. The third-order valence-corrected chi connectivity index (χ3v) is 4.95. The molecular weight excluding hydrogens is 264 g/mol. The van der Waals surface area contributed by atoms with Gasteiger partial charge in [0.25, 0.3) is 0 Å². The van der Waals surface area contributed by atoms with Gasteiger partial charge in [0.15, 0.2) is 0 Å². The van der Waals surface area contributed by atoms with Crippen LogP contribution in [0.3, 0.4) is 0 Å². The van der Waals surface area contributed by atoms with Crippen LogP contribution in [0.15, 0.2) is 0 Å². The van der Waals surface area contributed by atoms with Crippen molar-refractivity contribution in [3.8, 4) is 0 Å². The molecular formula is C16H28N4O. The second-order valence-electron chi connectivity index (χ2n) is 6.96. The van der Waals surface area contributed by atoms with Gasteiger partial charge in [-0.3, -0.25) is 4.68 Å². The standard InChI is InChI=1S/C16H28N4O/c1-10(2)17-9-15-11(3)18-19(4)16(15)20-12-5-6-13(20)8-14(21)7-12/h10,12-14,17,21H,5-9H2,1-4H3. The number of nitrogens with zero attached hydrogens (tertiary/aromatic N) is 3. The van der Waals surface area contributed by atoms with E-state index in [0.717, 1.165) is 25.1 Å². The van der Waals surface area contributed by atoms with E-state index < -0.39 is 0 Å². The van der Waals surface area contributed by atoms with Crippen LogP contribution in [0.1, 0.15) is 50.8 Å². The Bertz CT molecular complexity index is 497. The summed E-state index contributed by atoms with van der Waals surface area (Å²) in [6, 6.07) is 1.43. The maximum absolute atomic E-state index is 10.0. The maximum Gasteiger partial charge on any atom is 0.131 e. The molecule has 1 aromatic rings. The molecule has 2 aliphatic heterocycles. The van der Waals surface area contributed by atoms with Crippen molar-refractivity contribution in [2.75, 3.05) is 4.90 Å². The van der Waals surface area contributed by atoms with Crippen LogP contribution >= 0.6 is 0 Å². The summed E-state index contributed by atoms with van der Waals surface area (Å²) in [7, 11) is 2.05. The number of aryl methyl sites for hydroxylation is 2. The molecule has 2 unspecified atom stereocenters. The Kier molecular flexibility index (Phi) is 3.97. The second kappa shape index (κ2) is 5.61. The fourth-order valence-electron chi connectivity index (χ4n) is 4.02. The number of hydrogen-bond acceptors (Lipinski definition) is 4. The summed E-state index contributed by atoms with van der Waals surface area (Å²) in [5.41, 5.74) is 2.44. The van der Waals surface area contributed by atoms with Crippen LogP contribution in [0, 0.1) is 6.92 Å². The number of nitrogens with one attached hydrogen (secondary N) is 1. The summed E-state index contributed by atoms with van der Waals surface area (Å²) >= 11 is 0. The number of piperidine rings is 1. The molecule has 5 heteroatoms. The van der Waals surface area contributed by atoms with Gasteiger partial charge < -0.3 is 15.3 Å². The van der Waals surface area contributed by atoms with Gasteiger partial charge in [0, 0.05) is 37.3 Å². The van der Waals surface area contributed by atoms with Gasteiger partial charge in [-0.15, -0.1) is 0 Å². The minimum atomic E-state index is -0.120. The Morgan fingerprint density at radius 3 is 2.48 bits per heavy atom. The van der Waals surface area contributed by atoms with Crippen molar-refractivity contribution in [3.05, 3.63) is 11.3 Å². The van der Waals surface area contributed by atoms with E-state index in [-0.39, 0.29) is 6.10 Å². The minimum Gasteiger partial charge on any atom is -0.393 e. The molecule has 0 saturated carbocycles. The maximum atomic E-state index is 10.0. The third kappa shape index (κ3) is 2.69. The Morgan fingerprint density at radius 2 is 1.90 bits per heavy atom. The summed E-state index contributed by atoms with van der Waals surface area (Å²) in [5, 5.41) is 18.2. The lowest BCUT2D eigenvalue weighted by Gasteiger charge is -2.39. The molecule has 5 nitrogen and oxygen atoms in total. The average Bonchev–Trinajstić information content (AvgIpc) is 2.80. The van der Waals surface area contributed by atoms with Gasteiger partial charge in [0.1, 0.15) is 5.82 Å². The molecule has 2 bridgehead atoms. The van der Waals surface area contributed by atoms with E-state index in [1.54, 1.807) is 0 Å². The monoisotopic (exact) mass is 292 g/mol. The van der Waals surface area contributed by atoms with Crippen LogP contribution in [-0.2, 0) is 13.6 Å². The van der Waals surface area contributed by atoms with Crippen molar-refractivity contribution in [3.63, 3.8) is 0 Å². The zero-order valence-electron chi connectivity index (χ0n) is 13.6. The molecule has 21 heavy (non-hydrogen) atoms. The first-order valence-corrected chi connectivity index (χ1v) is 8.19. The molecule has 0 aromatic carbocycles. The second-order valence-corrected chi connectivity index (χ2v) is 6.96. The Balaban J connectivity index is 1.91. The SMILES string of the molecule is Cc1nn(C)c(N2C3CCC2CC(O)C3)c1CNC(C)C. The first kappa shape index (κ1) is 14.9. The average molecular weight is 292 g/mol. The van der Waals surface area contributed by atoms with E-state index in [0.29, 0.717) is 18.1 Å². The van der Waals surface area contributed by atoms with Crippen molar-refractivity contribution < 1.29 is 5.11 Å². The van der Waals surface area contributed by atoms with Crippen LogP contribution in [0.5, 0.6) is 0 Å². The largest absolute Gasteiger partial charge is 0.393 e. The predicted molar refractivity (Wildman–Crippen MR) is 84.5 cm³/mol. The lowest BCUT2D eigenvalue weighted by atomic mass is 9.99. The number of aromatic nitrogens is 2. The number of anilines is 1. The number of rotatable bonds is 4. The topological polar surface area (TPSA) is 53.3 Å². The molecule has 2 saturated heterocycles. The number of fused-ring (bicyclic) bond motifs is 2. The van der Waals surface area contributed by atoms with E-state index in [1.165, 1.54) is 24.2 Å². The van der Waals surface area contributed by atoms with E-state index in [4.69, 9.17) is 0 Å². The van der Waals surface area contributed by atoms with Crippen molar-refractivity contribution >= 4 is 5.82 Å². The fraction of sp³-hybridized carbons (Fsp3) is 0.812. The van der Waals surface area contributed by atoms with Crippen molar-refractivity contribution in [2.45, 2.75) is 77.2 Å². The van der Waals surface area contributed by atoms with Crippen LogP contribution in [0.2, 0.25) is 0 Å². The van der Waals surface area contributed by atoms with Gasteiger partial charge in [-0.1, -0.05) is 13.8 Å². The van der Waals surface area contributed by atoms with Gasteiger partial charge in [-0.05, 0) is 32.6 Å². The molecule has 0 aliphatic carbocycles. The van der Waals surface area contributed by atoms with Gasteiger partial charge in [-0.25, -0.2) is 0 Å². The molecule has 0 radical (unpaired) electrons. The summed E-state index contributed by atoms with van der Waals surface area (Å²) < 4.78 is 2.04. The summed E-state index contributed by atoms with van der Waals surface area (Å²) in [6.07, 6.45) is 4.08. The van der Waals surface area contributed by atoms with Gasteiger partial charge in [0.2, 0.25) is 0 Å². The Hall–Kier alpha value is -1.07. The summed E-state index contributed by atoms with van der Waals surface area (Å²) in [6.45, 7) is 7.31. The summed E-state index contributed by atoms with van der Waals surface area (Å²) in [4.78, 5) is 2.55. The highest BCUT2D eigenvalue weighted by Crippen LogP contribution is 2.41. The highest BCUT2D eigenvalue weighted by molar-refractivity contribution is 5.53. The number of hydrogen-bond donors (Lipinski definition) is 2. The molecule has 0 spiro atoms. The first-order valence-electron chi connectivity index (χ1n) is 8.19. The van der Waals surface area contributed by atoms with Crippen LogP contribution < -0.4 is 10.2 Å². The zero-order valence-corrected chi connectivity index (χ0v) is 13.6. The normalized spacial score (nSPS) is 28.7. The molecule has 2 aliphatic rings. The number of aliphatic hydroxyl groups is 1. The zero-order chi connectivity index (χ0) is 15.1. The smallest absolute Gasteiger partial charge is 0.131 e. The highest BCUT2D eigenvalue weighted by atomic mass is 16.3. The van der Waals surface area contributed by atoms with Crippen molar-refractivity contribution in [1.29, 1.82) is 0 Å². The molecule has 3 rings (SSSR count). The van der Waals surface area contributed by atoms with E-state index in [1.807, 2.05) is 11.7 Å². The molecule has 2 N–H and O–H groups in total. The van der Waals surface area contributed by atoms with E-state index in [9.17, 15) is 5.11 Å². The molecule has 2 atom stereocenters.